The van der Waals surface area contributed by atoms with Gasteiger partial charge in [0.1, 0.15) is 0 Å². The van der Waals surface area contributed by atoms with E-state index in [-0.39, 0.29) is 26.2 Å². The Balaban J connectivity index is 0.000000269. The van der Waals surface area contributed by atoms with Gasteiger partial charge >= 0.3 is 26.2 Å². The van der Waals surface area contributed by atoms with Gasteiger partial charge in [-0.15, -0.1) is 69.9 Å². The first-order valence-corrected chi connectivity index (χ1v) is 13.0. The van der Waals surface area contributed by atoms with Crippen molar-refractivity contribution in [2.24, 2.45) is 0 Å². The number of rotatable bonds is 5. The van der Waals surface area contributed by atoms with E-state index in [1.165, 1.54) is 27.5 Å². The van der Waals surface area contributed by atoms with E-state index in [0.717, 1.165) is 22.3 Å². The van der Waals surface area contributed by atoms with Gasteiger partial charge in [-0.2, -0.15) is 6.07 Å². The standard InChI is InChI=1S/C28H21.C10H9.Zr/c1-5-13-23(14-6-1)21-27(25-17-9-3-10-18-25)28(26-19-11-4-12-20-26)22-24-15-7-2-8-16-24;1-8-6-9-4-2-3-5-10(9)7-8;/h1-21H;2-7H,1H3;/q2*-1;+2. The molecule has 0 saturated carbocycles. The zero-order valence-corrected chi connectivity index (χ0v) is 24.5. The zero-order valence-electron chi connectivity index (χ0n) is 22.1. The van der Waals surface area contributed by atoms with Gasteiger partial charge in [0, 0.05) is 0 Å². The Kier molecular flexibility index (Phi) is 10.3. The van der Waals surface area contributed by atoms with Crippen molar-refractivity contribution < 1.29 is 26.2 Å². The van der Waals surface area contributed by atoms with Crippen molar-refractivity contribution in [1.82, 2.24) is 0 Å². The van der Waals surface area contributed by atoms with Crippen LogP contribution in [0.4, 0.5) is 0 Å². The average Bonchev–Trinajstić information content (AvgIpc) is 3.37. The van der Waals surface area contributed by atoms with Gasteiger partial charge in [-0.1, -0.05) is 145 Å². The third-order valence-corrected chi connectivity index (χ3v) is 6.33. The third kappa shape index (κ3) is 7.79. The van der Waals surface area contributed by atoms with Gasteiger partial charge in [0.25, 0.3) is 0 Å². The maximum Gasteiger partial charge on any atom is 2.00 e. The Morgan fingerprint density at radius 2 is 1.10 bits per heavy atom. The summed E-state index contributed by atoms with van der Waals surface area (Å²) >= 11 is 0. The van der Waals surface area contributed by atoms with Crippen molar-refractivity contribution in [1.29, 1.82) is 0 Å². The first-order chi connectivity index (χ1) is 18.8. The fourth-order valence-electron chi connectivity index (χ4n) is 4.51. The Morgan fingerprint density at radius 1 is 0.590 bits per heavy atom. The molecule has 0 saturated heterocycles. The van der Waals surface area contributed by atoms with E-state index < -0.39 is 0 Å². The third-order valence-electron chi connectivity index (χ3n) is 6.33. The molecule has 39 heavy (non-hydrogen) atoms. The first kappa shape index (κ1) is 28.1. The summed E-state index contributed by atoms with van der Waals surface area (Å²) in [4.78, 5) is 0. The van der Waals surface area contributed by atoms with Crippen molar-refractivity contribution in [2.45, 2.75) is 6.92 Å². The molecule has 0 aliphatic rings. The molecular weight excluding hydrogens is 548 g/mol. The van der Waals surface area contributed by atoms with Crippen LogP contribution in [-0.4, -0.2) is 0 Å². The predicted octanol–water partition coefficient (Wildman–Crippen LogP) is 10.0. The van der Waals surface area contributed by atoms with Crippen LogP contribution < -0.4 is 0 Å². The summed E-state index contributed by atoms with van der Waals surface area (Å²) in [6.07, 6.45) is 5.91. The molecule has 0 nitrogen and oxygen atoms in total. The van der Waals surface area contributed by atoms with Crippen LogP contribution in [0.25, 0.3) is 28.0 Å². The van der Waals surface area contributed by atoms with Gasteiger partial charge in [-0.25, -0.2) is 0 Å². The number of allylic oxidation sites excluding steroid dienone is 2. The fourth-order valence-corrected chi connectivity index (χ4v) is 4.51. The molecule has 6 aromatic carbocycles. The molecule has 6 rings (SSSR count). The van der Waals surface area contributed by atoms with Crippen LogP contribution in [0.1, 0.15) is 27.8 Å². The summed E-state index contributed by atoms with van der Waals surface area (Å²) in [6, 6.07) is 54.6. The molecule has 6 aromatic rings. The molecule has 0 spiro atoms. The van der Waals surface area contributed by atoms with Crippen LogP contribution in [0.15, 0.2) is 158 Å². The number of benzene rings is 5. The molecule has 0 unspecified atom stereocenters. The molecule has 0 amide bonds. The SMILES string of the molecule is Cc1cc2ccccc2[cH-]1.[C-](=C(C(=Cc1ccccc1)c1ccccc1)c1ccccc1)c1ccccc1.[Zr+2]. The molecule has 1 heteroatoms. The number of aryl methyl sites for hydroxylation is 1. The Labute approximate surface area is 251 Å². The average molecular weight is 578 g/mol. The molecule has 0 aromatic heterocycles. The van der Waals surface area contributed by atoms with E-state index in [9.17, 15) is 0 Å². The molecule has 0 fully saturated rings. The topological polar surface area (TPSA) is 0 Å². The summed E-state index contributed by atoms with van der Waals surface area (Å²) < 4.78 is 0. The summed E-state index contributed by atoms with van der Waals surface area (Å²) in [5.74, 6) is 0. The fraction of sp³-hybridized carbons (Fsp3) is 0.0263. The van der Waals surface area contributed by atoms with E-state index in [4.69, 9.17) is 0 Å². The van der Waals surface area contributed by atoms with Crippen LogP contribution in [0, 0.1) is 13.0 Å². The summed E-state index contributed by atoms with van der Waals surface area (Å²) in [6.45, 7) is 2.12. The van der Waals surface area contributed by atoms with Gasteiger partial charge in [0.15, 0.2) is 0 Å². The minimum absolute atomic E-state index is 0. The van der Waals surface area contributed by atoms with Gasteiger partial charge in [-0.3, -0.25) is 0 Å². The van der Waals surface area contributed by atoms with E-state index in [1.807, 2.05) is 30.3 Å². The summed E-state index contributed by atoms with van der Waals surface area (Å²) in [5, 5.41) is 2.69. The monoisotopic (exact) mass is 576 g/mol. The van der Waals surface area contributed by atoms with Crippen LogP contribution in [0.3, 0.4) is 0 Å². The second kappa shape index (κ2) is 14.3. The first-order valence-electron chi connectivity index (χ1n) is 13.0. The van der Waals surface area contributed by atoms with Crippen LogP contribution in [0.2, 0.25) is 0 Å². The van der Waals surface area contributed by atoms with Crippen molar-refractivity contribution >= 4 is 28.0 Å². The summed E-state index contributed by atoms with van der Waals surface area (Å²) in [5.41, 5.74) is 8.15. The molecule has 0 bridgehead atoms. The zero-order chi connectivity index (χ0) is 26.0. The van der Waals surface area contributed by atoms with Crippen molar-refractivity contribution in [3.05, 3.63) is 192 Å². The van der Waals surface area contributed by atoms with Crippen molar-refractivity contribution in [3.63, 3.8) is 0 Å². The summed E-state index contributed by atoms with van der Waals surface area (Å²) in [7, 11) is 0. The van der Waals surface area contributed by atoms with Crippen LogP contribution in [0.5, 0.6) is 0 Å². The Bertz CT molecular complexity index is 1500. The van der Waals surface area contributed by atoms with Crippen molar-refractivity contribution in [3.8, 4) is 0 Å². The van der Waals surface area contributed by atoms with E-state index in [1.54, 1.807) is 0 Å². The molecule has 0 heterocycles. The molecular formula is C38H30Zr. The van der Waals surface area contributed by atoms with E-state index in [2.05, 4.69) is 146 Å². The maximum absolute atomic E-state index is 3.66. The molecule has 0 aliphatic carbocycles. The number of hydrogen-bond donors (Lipinski definition) is 0. The Hall–Kier alpha value is -3.93. The minimum Gasteiger partial charge on any atom is -0.165 e. The van der Waals surface area contributed by atoms with Gasteiger partial charge in [0.05, 0.1) is 0 Å². The van der Waals surface area contributed by atoms with E-state index in [0.29, 0.717) is 0 Å². The van der Waals surface area contributed by atoms with Crippen LogP contribution in [-0.2, 0) is 26.2 Å². The molecule has 0 atom stereocenters. The Morgan fingerprint density at radius 3 is 1.72 bits per heavy atom. The minimum atomic E-state index is 0. The molecule has 0 N–H and O–H groups in total. The second-order valence-corrected chi connectivity index (χ2v) is 9.23. The molecule has 0 aliphatic heterocycles. The molecule has 186 valence electrons. The largest absolute Gasteiger partial charge is 2.00 e. The normalized spacial score (nSPS) is 11.3. The molecule has 0 radical (unpaired) electrons. The number of hydrogen-bond acceptors (Lipinski definition) is 0. The van der Waals surface area contributed by atoms with E-state index >= 15 is 0 Å². The number of fused-ring (bicyclic) bond motifs is 1. The smallest absolute Gasteiger partial charge is 0.165 e. The van der Waals surface area contributed by atoms with Gasteiger partial charge < -0.3 is 0 Å². The maximum atomic E-state index is 3.66. The van der Waals surface area contributed by atoms with Gasteiger partial charge in [-0.05, 0) is 5.56 Å². The van der Waals surface area contributed by atoms with Gasteiger partial charge in [0.2, 0.25) is 0 Å². The van der Waals surface area contributed by atoms with Crippen LogP contribution >= 0.6 is 0 Å². The predicted molar refractivity (Wildman–Crippen MR) is 164 cm³/mol. The second-order valence-electron chi connectivity index (χ2n) is 9.23. The quantitative estimate of drug-likeness (QED) is 0.109. The van der Waals surface area contributed by atoms with Crippen molar-refractivity contribution in [2.75, 3.05) is 0 Å².